The first kappa shape index (κ1) is 14.0. The zero-order chi connectivity index (χ0) is 13.7. The van der Waals surface area contributed by atoms with Gasteiger partial charge >= 0.3 is 0 Å². The molecule has 1 aromatic rings. The highest BCUT2D eigenvalue weighted by molar-refractivity contribution is 5.81. The summed E-state index contributed by atoms with van der Waals surface area (Å²) in [7, 11) is 1.69. The maximum absolute atomic E-state index is 11.6. The van der Waals surface area contributed by atoms with E-state index in [0.29, 0.717) is 17.8 Å². The largest absolute Gasteiger partial charge is 0.371 e. The van der Waals surface area contributed by atoms with Crippen LogP contribution in [0.15, 0.2) is 18.2 Å². The number of anilines is 1. The van der Waals surface area contributed by atoms with Crippen LogP contribution in [0.1, 0.15) is 12.5 Å². The van der Waals surface area contributed by atoms with Gasteiger partial charge < -0.3 is 10.2 Å². The van der Waals surface area contributed by atoms with Crippen molar-refractivity contribution in [1.82, 2.24) is 4.90 Å². The van der Waals surface area contributed by atoms with Crippen LogP contribution in [0.3, 0.4) is 0 Å². The fraction of sp³-hybridized carbons (Fsp3) is 0.417. The number of carbonyl (C=O) groups is 1. The third kappa shape index (κ3) is 3.19. The molecule has 18 heavy (non-hydrogen) atoms. The summed E-state index contributed by atoms with van der Waals surface area (Å²) in [4.78, 5) is 23.7. The van der Waals surface area contributed by atoms with Gasteiger partial charge in [-0.1, -0.05) is 12.1 Å². The zero-order valence-electron chi connectivity index (χ0n) is 10.8. The molecule has 0 fully saturated rings. The summed E-state index contributed by atoms with van der Waals surface area (Å²) in [6.07, 6.45) is 0. The molecule has 98 valence electrons. The standard InChI is InChI=1S/C12H17N3O3/c1-4-14(3)11(16)8-13-10-7-5-6-9(2)12(10)15(17)18/h5-7,13H,4,8H2,1-3H3. The van der Waals surface area contributed by atoms with Crippen LogP contribution >= 0.6 is 0 Å². The van der Waals surface area contributed by atoms with Gasteiger partial charge in [0, 0.05) is 19.2 Å². The summed E-state index contributed by atoms with van der Waals surface area (Å²) in [5.41, 5.74) is 0.962. The number of hydrogen-bond donors (Lipinski definition) is 1. The van der Waals surface area contributed by atoms with E-state index < -0.39 is 4.92 Å². The molecule has 6 nitrogen and oxygen atoms in total. The molecule has 0 aliphatic carbocycles. The van der Waals surface area contributed by atoms with Gasteiger partial charge in [0.05, 0.1) is 11.5 Å². The van der Waals surface area contributed by atoms with Crippen molar-refractivity contribution in [2.24, 2.45) is 0 Å². The summed E-state index contributed by atoms with van der Waals surface area (Å²) >= 11 is 0. The second kappa shape index (κ2) is 6.00. The predicted octanol–water partition coefficient (Wildman–Crippen LogP) is 1.79. The van der Waals surface area contributed by atoms with E-state index in [1.807, 2.05) is 6.92 Å². The number of para-hydroxylation sites is 1. The van der Waals surface area contributed by atoms with Crippen molar-refractivity contribution in [3.05, 3.63) is 33.9 Å². The van der Waals surface area contributed by atoms with E-state index in [-0.39, 0.29) is 18.1 Å². The van der Waals surface area contributed by atoms with Crippen LogP contribution in [0.2, 0.25) is 0 Å². The van der Waals surface area contributed by atoms with Crippen LogP contribution in [0.25, 0.3) is 0 Å². The number of carbonyl (C=O) groups excluding carboxylic acids is 1. The Morgan fingerprint density at radius 3 is 2.72 bits per heavy atom. The number of amides is 1. The number of nitrogens with one attached hydrogen (secondary N) is 1. The van der Waals surface area contributed by atoms with Gasteiger partial charge in [-0.25, -0.2) is 0 Å². The molecule has 0 saturated heterocycles. The average molecular weight is 251 g/mol. The lowest BCUT2D eigenvalue weighted by Gasteiger charge is -2.15. The number of benzene rings is 1. The van der Waals surface area contributed by atoms with E-state index in [4.69, 9.17) is 0 Å². The van der Waals surface area contributed by atoms with Crippen molar-refractivity contribution in [2.75, 3.05) is 25.5 Å². The smallest absolute Gasteiger partial charge is 0.295 e. The normalized spacial score (nSPS) is 9.94. The van der Waals surface area contributed by atoms with Gasteiger partial charge in [-0.05, 0) is 19.9 Å². The SMILES string of the molecule is CCN(C)C(=O)CNc1cccc(C)c1[N+](=O)[O-]. The van der Waals surface area contributed by atoms with E-state index in [9.17, 15) is 14.9 Å². The number of hydrogen-bond acceptors (Lipinski definition) is 4. The number of aryl methyl sites for hydroxylation is 1. The highest BCUT2D eigenvalue weighted by Gasteiger charge is 2.17. The highest BCUT2D eigenvalue weighted by atomic mass is 16.6. The predicted molar refractivity (Wildman–Crippen MR) is 69.6 cm³/mol. The summed E-state index contributed by atoms with van der Waals surface area (Å²) in [6, 6.07) is 4.99. The lowest BCUT2D eigenvalue weighted by molar-refractivity contribution is -0.384. The van der Waals surface area contributed by atoms with Crippen LogP contribution in [0.4, 0.5) is 11.4 Å². The molecule has 0 heterocycles. The maximum Gasteiger partial charge on any atom is 0.295 e. The van der Waals surface area contributed by atoms with E-state index in [1.165, 1.54) is 0 Å². The van der Waals surface area contributed by atoms with Crippen molar-refractivity contribution in [3.63, 3.8) is 0 Å². The van der Waals surface area contributed by atoms with Gasteiger partial charge in [0.1, 0.15) is 5.69 Å². The molecular formula is C12H17N3O3. The number of nitrogens with zero attached hydrogens (tertiary/aromatic N) is 2. The highest BCUT2D eigenvalue weighted by Crippen LogP contribution is 2.27. The van der Waals surface area contributed by atoms with Gasteiger partial charge in [-0.2, -0.15) is 0 Å². The topological polar surface area (TPSA) is 75.5 Å². The lowest BCUT2D eigenvalue weighted by Crippen LogP contribution is -2.32. The zero-order valence-corrected chi connectivity index (χ0v) is 10.8. The molecule has 0 aliphatic heterocycles. The van der Waals surface area contributed by atoms with Crippen LogP contribution in [-0.4, -0.2) is 35.9 Å². The molecule has 0 spiro atoms. The number of nitro benzene ring substituents is 1. The Morgan fingerprint density at radius 2 is 2.17 bits per heavy atom. The quantitative estimate of drug-likeness (QED) is 0.639. The third-order valence-corrected chi connectivity index (χ3v) is 2.75. The maximum atomic E-state index is 11.6. The molecule has 1 rings (SSSR count). The van der Waals surface area contributed by atoms with Gasteiger partial charge in [0.25, 0.3) is 5.69 Å². The second-order valence-electron chi connectivity index (χ2n) is 3.99. The van der Waals surface area contributed by atoms with Crippen molar-refractivity contribution in [3.8, 4) is 0 Å². The molecule has 1 amide bonds. The fourth-order valence-corrected chi connectivity index (χ4v) is 1.53. The van der Waals surface area contributed by atoms with Gasteiger partial charge in [-0.3, -0.25) is 14.9 Å². The monoisotopic (exact) mass is 251 g/mol. The first-order valence-electron chi connectivity index (χ1n) is 5.69. The first-order valence-corrected chi connectivity index (χ1v) is 5.69. The molecule has 6 heteroatoms. The molecule has 1 N–H and O–H groups in total. The number of rotatable bonds is 5. The van der Waals surface area contributed by atoms with Crippen LogP contribution in [0.5, 0.6) is 0 Å². The van der Waals surface area contributed by atoms with Crippen molar-refractivity contribution in [1.29, 1.82) is 0 Å². The molecule has 0 atom stereocenters. The van der Waals surface area contributed by atoms with Gasteiger partial charge in [0.15, 0.2) is 0 Å². The van der Waals surface area contributed by atoms with E-state index in [2.05, 4.69) is 5.32 Å². The minimum Gasteiger partial charge on any atom is -0.371 e. The molecule has 0 bridgehead atoms. The summed E-state index contributed by atoms with van der Waals surface area (Å²) in [5.74, 6) is -0.103. The third-order valence-electron chi connectivity index (χ3n) is 2.75. The van der Waals surface area contributed by atoms with E-state index in [1.54, 1.807) is 37.1 Å². The molecule has 0 saturated carbocycles. The number of likely N-dealkylation sites (N-methyl/N-ethyl adjacent to an activating group) is 1. The molecule has 0 aliphatic rings. The van der Waals surface area contributed by atoms with Crippen LogP contribution < -0.4 is 5.32 Å². The molecule has 0 unspecified atom stereocenters. The fourth-order valence-electron chi connectivity index (χ4n) is 1.53. The van der Waals surface area contributed by atoms with Crippen LogP contribution in [0, 0.1) is 17.0 Å². The second-order valence-corrected chi connectivity index (χ2v) is 3.99. The van der Waals surface area contributed by atoms with Crippen molar-refractivity contribution < 1.29 is 9.72 Å². The first-order chi connectivity index (χ1) is 8.47. The minimum atomic E-state index is -0.439. The molecule has 0 radical (unpaired) electrons. The summed E-state index contributed by atoms with van der Waals surface area (Å²) in [5, 5.41) is 13.8. The Balaban J connectivity index is 2.83. The molecular weight excluding hydrogens is 234 g/mol. The Kier molecular flexibility index (Phi) is 4.65. The minimum absolute atomic E-state index is 0.0180. The lowest BCUT2D eigenvalue weighted by atomic mass is 10.1. The van der Waals surface area contributed by atoms with Crippen molar-refractivity contribution >= 4 is 17.3 Å². The van der Waals surface area contributed by atoms with E-state index in [0.717, 1.165) is 0 Å². The summed E-state index contributed by atoms with van der Waals surface area (Å²) in [6.45, 7) is 4.20. The van der Waals surface area contributed by atoms with Gasteiger partial charge in [0.2, 0.25) is 5.91 Å². The van der Waals surface area contributed by atoms with Crippen molar-refractivity contribution in [2.45, 2.75) is 13.8 Å². The Morgan fingerprint density at radius 1 is 1.50 bits per heavy atom. The average Bonchev–Trinajstić information content (AvgIpc) is 2.34. The Hall–Kier alpha value is -2.11. The van der Waals surface area contributed by atoms with E-state index >= 15 is 0 Å². The van der Waals surface area contributed by atoms with Gasteiger partial charge in [-0.15, -0.1) is 0 Å². The Labute approximate surface area is 106 Å². The number of nitro groups is 1. The van der Waals surface area contributed by atoms with Crippen LogP contribution in [-0.2, 0) is 4.79 Å². The summed E-state index contributed by atoms with van der Waals surface area (Å²) < 4.78 is 0. The molecule has 0 aromatic heterocycles. The Bertz CT molecular complexity index is 460. The molecule has 1 aromatic carbocycles.